The molecule has 0 aromatic heterocycles. The highest BCUT2D eigenvalue weighted by Crippen LogP contribution is 2.00. The maximum Gasteiger partial charge on any atom is 0.397 e. The van der Waals surface area contributed by atoms with Gasteiger partial charge in [0.1, 0.15) is 19.3 Å². The van der Waals surface area contributed by atoms with E-state index in [2.05, 4.69) is 13.7 Å². The van der Waals surface area contributed by atoms with Crippen molar-refractivity contribution in [1.82, 2.24) is 0 Å². The molecule has 0 bridgehead atoms. The Bertz CT molecular complexity index is 327. The van der Waals surface area contributed by atoms with Crippen molar-refractivity contribution < 1.29 is 36.2 Å². The van der Waals surface area contributed by atoms with Crippen molar-refractivity contribution in [1.29, 1.82) is 0 Å². The van der Waals surface area contributed by atoms with Crippen molar-refractivity contribution in [3.05, 3.63) is 0 Å². The van der Waals surface area contributed by atoms with E-state index in [-0.39, 0.29) is 0 Å². The van der Waals surface area contributed by atoms with Gasteiger partial charge in [-0.3, -0.25) is 14.1 Å². The first-order valence-corrected chi connectivity index (χ1v) is 5.49. The van der Waals surface area contributed by atoms with Gasteiger partial charge in [-0.2, -0.15) is 8.42 Å². The Labute approximate surface area is 92.4 Å². The topological polar surface area (TPSA) is 116 Å². The molecule has 8 nitrogen and oxygen atoms in total. The molecular formula is C7H12O8S. The van der Waals surface area contributed by atoms with E-state index in [1.54, 1.807) is 0 Å². The normalized spacial score (nSPS) is 11.2. The minimum Gasteiger partial charge on any atom is -0.463 e. The quantitative estimate of drug-likeness (QED) is 0.490. The summed E-state index contributed by atoms with van der Waals surface area (Å²) in [6, 6.07) is 0. The molecule has 9 heteroatoms. The Balaban J connectivity index is 4.26. The van der Waals surface area contributed by atoms with Gasteiger partial charge in [0.15, 0.2) is 0 Å². The molecule has 0 saturated carbocycles. The lowest BCUT2D eigenvalue weighted by molar-refractivity contribution is -0.148. The van der Waals surface area contributed by atoms with Crippen molar-refractivity contribution in [2.45, 2.75) is 20.0 Å². The summed E-state index contributed by atoms with van der Waals surface area (Å²) >= 11 is 0. The lowest BCUT2D eigenvalue weighted by atomic mass is 10.4. The van der Waals surface area contributed by atoms with Gasteiger partial charge in [0.05, 0.1) is 0 Å². The fraction of sp³-hybridized carbons (Fsp3) is 0.714. The summed E-state index contributed by atoms with van der Waals surface area (Å²) in [6.07, 6.45) is -1.28. The highest BCUT2D eigenvalue weighted by Gasteiger charge is 2.20. The highest BCUT2D eigenvalue weighted by molar-refractivity contribution is 7.80. The van der Waals surface area contributed by atoms with Gasteiger partial charge >= 0.3 is 22.3 Å². The van der Waals surface area contributed by atoms with Crippen LogP contribution in [0.2, 0.25) is 0 Å². The van der Waals surface area contributed by atoms with Crippen molar-refractivity contribution in [3.63, 3.8) is 0 Å². The third-order valence-electron chi connectivity index (χ3n) is 1.20. The van der Waals surface area contributed by atoms with Gasteiger partial charge < -0.3 is 9.47 Å². The van der Waals surface area contributed by atoms with Crippen LogP contribution in [-0.4, -0.2) is 44.2 Å². The first-order chi connectivity index (χ1) is 7.20. The zero-order valence-corrected chi connectivity index (χ0v) is 9.52. The number of esters is 2. The molecule has 0 spiro atoms. The number of ether oxygens (including phenoxy) is 2. The van der Waals surface area contributed by atoms with Crippen LogP contribution < -0.4 is 0 Å². The first kappa shape index (κ1) is 14.8. The zero-order valence-electron chi connectivity index (χ0n) is 8.70. The smallest absolute Gasteiger partial charge is 0.397 e. The SMILES string of the molecule is CC(=O)OCC(COC(C)=O)OS(=O)(=O)O. The molecule has 0 unspecified atom stereocenters. The summed E-state index contributed by atoms with van der Waals surface area (Å²) in [6.45, 7) is 1.30. The lowest BCUT2D eigenvalue weighted by Crippen LogP contribution is -2.30. The molecule has 0 amide bonds. The summed E-state index contributed by atoms with van der Waals surface area (Å²) in [4.78, 5) is 20.9. The average Bonchev–Trinajstić information content (AvgIpc) is 2.07. The molecule has 0 saturated heterocycles. The van der Waals surface area contributed by atoms with Gasteiger partial charge in [0.2, 0.25) is 0 Å². The summed E-state index contributed by atoms with van der Waals surface area (Å²) in [5, 5.41) is 0. The minimum absolute atomic E-state index is 0.456. The first-order valence-electron chi connectivity index (χ1n) is 4.13. The van der Waals surface area contributed by atoms with Gasteiger partial charge in [-0.25, -0.2) is 4.18 Å². The van der Waals surface area contributed by atoms with Crippen LogP contribution >= 0.6 is 0 Å². The van der Waals surface area contributed by atoms with E-state index in [9.17, 15) is 18.0 Å². The summed E-state index contributed by atoms with van der Waals surface area (Å²) in [5.41, 5.74) is 0. The molecule has 0 rings (SSSR count). The predicted octanol–water partition coefficient (Wildman–Crippen LogP) is -0.699. The van der Waals surface area contributed by atoms with E-state index in [1.165, 1.54) is 0 Å². The highest BCUT2D eigenvalue weighted by atomic mass is 32.3. The van der Waals surface area contributed by atoms with Crippen molar-refractivity contribution in [2.24, 2.45) is 0 Å². The monoisotopic (exact) mass is 256 g/mol. The van der Waals surface area contributed by atoms with Gasteiger partial charge in [-0.1, -0.05) is 0 Å². The van der Waals surface area contributed by atoms with E-state index >= 15 is 0 Å². The molecule has 0 aromatic carbocycles. The summed E-state index contributed by atoms with van der Waals surface area (Å²) < 4.78 is 42.2. The van der Waals surface area contributed by atoms with Crippen LogP contribution in [0.4, 0.5) is 0 Å². The minimum atomic E-state index is -4.70. The van der Waals surface area contributed by atoms with E-state index < -0.39 is 41.7 Å². The molecule has 0 fully saturated rings. The number of hydrogen-bond acceptors (Lipinski definition) is 7. The summed E-state index contributed by atoms with van der Waals surface area (Å²) in [7, 11) is -4.70. The Kier molecular flexibility index (Phi) is 5.93. The molecule has 0 aliphatic carbocycles. The van der Waals surface area contributed by atoms with Crippen LogP contribution in [0.5, 0.6) is 0 Å². The van der Waals surface area contributed by atoms with Gasteiger partial charge in [0.25, 0.3) is 0 Å². The number of hydrogen-bond donors (Lipinski definition) is 1. The molecule has 94 valence electrons. The van der Waals surface area contributed by atoms with E-state index in [0.717, 1.165) is 13.8 Å². The standard InChI is InChI=1S/C7H12O8S/c1-5(8)13-3-7(4-14-6(2)9)15-16(10,11)12/h7H,3-4H2,1-2H3,(H,10,11,12). The van der Waals surface area contributed by atoms with Crippen molar-refractivity contribution >= 4 is 22.3 Å². The van der Waals surface area contributed by atoms with Crippen molar-refractivity contribution in [2.75, 3.05) is 13.2 Å². The second-order valence-corrected chi connectivity index (χ2v) is 3.80. The Morgan fingerprint density at radius 1 is 1.12 bits per heavy atom. The third-order valence-corrected chi connectivity index (χ3v) is 1.72. The van der Waals surface area contributed by atoms with Crippen LogP contribution in [0, 0.1) is 0 Å². The zero-order chi connectivity index (χ0) is 12.8. The fourth-order valence-corrected chi connectivity index (χ4v) is 1.15. The van der Waals surface area contributed by atoms with Crippen LogP contribution in [0.25, 0.3) is 0 Å². The number of rotatable bonds is 6. The molecule has 0 atom stereocenters. The molecule has 16 heavy (non-hydrogen) atoms. The third kappa shape index (κ3) is 9.37. The van der Waals surface area contributed by atoms with Crippen LogP contribution in [0.15, 0.2) is 0 Å². The molecule has 0 aliphatic rings. The van der Waals surface area contributed by atoms with Gasteiger partial charge in [-0.15, -0.1) is 0 Å². The van der Waals surface area contributed by atoms with Crippen LogP contribution in [-0.2, 0) is 33.6 Å². The van der Waals surface area contributed by atoms with Crippen LogP contribution in [0.3, 0.4) is 0 Å². The molecule has 1 N–H and O–H groups in total. The maximum atomic E-state index is 10.5. The Morgan fingerprint density at radius 3 is 1.75 bits per heavy atom. The van der Waals surface area contributed by atoms with Crippen molar-refractivity contribution in [3.8, 4) is 0 Å². The van der Waals surface area contributed by atoms with E-state index in [1.807, 2.05) is 0 Å². The lowest BCUT2D eigenvalue weighted by Gasteiger charge is -2.14. The Hall–Kier alpha value is -1.19. The number of carbonyl (C=O) groups is 2. The molecule has 0 aliphatic heterocycles. The largest absolute Gasteiger partial charge is 0.463 e. The van der Waals surface area contributed by atoms with Gasteiger partial charge in [-0.05, 0) is 0 Å². The number of carbonyl (C=O) groups excluding carboxylic acids is 2. The molecule has 0 radical (unpaired) electrons. The van der Waals surface area contributed by atoms with E-state index in [0.29, 0.717) is 0 Å². The average molecular weight is 256 g/mol. The molecule has 0 aromatic rings. The fourth-order valence-electron chi connectivity index (χ4n) is 0.696. The Morgan fingerprint density at radius 2 is 1.50 bits per heavy atom. The second-order valence-electron chi connectivity index (χ2n) is 2.75. The second kappa shape index (κ2) is 6.40. The predicted molar refractivity (Wildman–Crippen MR) is 49.7 cm³/mol. The van der Waals surface area contributed by atoms with Gasteiger partial charge in [0, 0.05) is 13.8 Å². The maximum absolute atomic E-state index is 10.5. The van der Waals surface area contributed by atoms with E-state index in [4.69, 9.17) is 4.55 Å². The molecule has 0 heterocycles. The molecular weight excluding hydrogens is 244 g/mol. The summed E-state index contributed by atoms with van der Waals surface area (Å²) in [5.74, 6) is -1.32. The van der Waals surface area contributed by atoms with Crippen LogP contribution in [0.1, 0.15) is 13.8 Å².